The molecule has 13 heavy (non-hydrogen) atoms. The molecule has 1 N–H and O–H groups in total. The molecule has 0 aromatic carbocycles. The van der Waals surface area contributed by atoms with Crippen LogP contribution in [0.2, 0.25) is 0 Å². The van der Waals surface area contributed by atoms with Crippen LogP contribution >= 0.6 is 11.8 Å². The van der Waals surface area contributed by atoms with E-state index in [0.29, 0.717) is 5.92 Å². The summed E-state index contributed by atoms with van der Waals surface area (Å²) < 4.78 is 0. The van der Waals surface area contributed by atoms with Gasteiger partial charge in [-0.25, -0.2) is 0 Å². The Morgan fingerprint density at radius 3 is 3.00 bits per heavy atom. The van der Waals surface area contributed by atoms with Crippen LogP contribution in [0.5, 0.6) is 0 Å². The van der Waals surface area contributed by atoms with Crippen LogP contribution in [0.25, 0.3) is 0 Å². The number of hydrogen-bond acceptors (Lipinski definition) is 4. The highest BCUT2D eigenvalue weighted by Crippen LogP contribution is 2.13. The molecule has 1 heterocycles. The second kappa shape index (κ2) is 5.50. The maximum absolute atomic E-state index is 8.69. The van der Waals surface area contributed by atoms with Gasteiger partial charge in [0.05, 0.1) is 5.71 Å². The van der Waals surface area contributed by atoms with E-state index in [-0.39, 0.29) is 0 Å². The predicted molar refractivity (Wildman–Crippen MR) is 57.8 cm³/mol. The summed E-state index contributed by atoms with van der Waals surface area (Å²) in [5.41, 5.74) is 0.959. The van der Waals surface area contributed by atoms with Gasteiger partial charge in [0, 0.05) is 37.7 Å². The fourth-order valence-corrected chi connectivity index (χ4v) is 2.12. The lowest BCUT2D eigenvalue weighted by molar-refractivity contribution is 0.247. The van der Waals surface area contributed by atoms with Crippen LogP contribution in [0.15, 0.2) is 5.16 Å². The van der Waals surface area contributed by atoms with Gasteiger partial charge in [0.1, 0.15) is 0 Å². The molecule has 0 spiro atoms. The molecule has 1 fully saturated rings. The first-order valence-corrected chi connectivity index (χ1v) is 6.09. The molecular formula is C9H18N2OS. The molecule has 1 aliphatic rings. The third-order valence-electron chi connectivity index (χ3n) is 2.53. The maximum atomic E-state index is 8.69. The number of nitrogens with zero attached hydrogens (tertiary/aromatic N) is 2. The Labute approximate surface area is 84.2 Å². The molecule has 1 aliphatic heterocycles. The minimum atomic E-state index is 0.417. The molecule has 0 aromatic heterocycles. The SMILES string of the molecule is CSCCN1CCC(=NO)C(C)C1. The first-order chi connectivity index (χ1) is 6.27. The lowest BCUT2D eigenvalue weighted by atomic mass is 9.98. The van der Waals surface area contributed by atoms with E-state index in [4.69, 9.17) is 5.21 Å². The third-order valence-corrected chi connectivity index (χ3v) is 3.12. The van der Waals surface area contributed by atoms with Crippen molar-refractivity contribution < 1.29 is 5.21 Å². The smallest absolute Gasteiger partial charge is 0.0624 e. The quantitative estimate of drug-likeness (QED) is 0.557. The summed E-state index contributed by atoms with van der Waals surface area (Å²) in [7, 11) is 0. The van der Waals surface area contributed by atoms with Crippen LogP contribution in [-0.2, 0) is 0 Å². The van der Waals surface area contributed by atoms with E-state index in [9.17, 15) is 0 Å². The van der Waals surface area contributed by atoms with E-state index in [2.05, 4.69) is 23.2 Å². The number of piperidine rings is 1. The molecule has 0 radical (unpaired) electrons. The molecule has 0 aromatic rings. The Kier molecular flexibility index (Phi) is 4.59. The van der Waals surface area contributed by atoms with E-state index >= 15 is 0 Å². The number of likely N-dealkylation sites (tertiary alicyclic amines) is 1. The van der Waals surface area contributed by atoms with Gasteiger partial charge >= 0.3 is 0 Å². The van der Waals surface area contributed by atoms with Gasteiger partial charge in [0.25, 0.3) is 0 Å². The van der Waals surface area contributed by atoms with Crippen molar-refractivity contribution in [2.45, 2.75) is 13.3 Å². The molecule has 0 bridgehead atoms. The highest BCUT2D eigenvalue weighted by molar-refractivity contribution is 7.98. The average molecular weight is 202 g/mol. The van der Waals surface area contributed by atoms with E-state index < -0.39 is 0 Å². The van der Waals surface area contributed by atoms with Crippen molar-refractivity contribution >= 4 is 17.5 Å². The monoisotopic (exact) mass is 202 g/mol. The van der Waals surface area contributed by atoms with E-state index in [1.807, 2.05) is 11.8 Å². The molecule has 1 atom stereocenters. The van der Waals surface area contributed by atoms with E-state index in [1.165, 1.54) is 5.75 Å². The van der Waals surface area contributed by atoms with E-state index in [0.717, 1.165) is 31.8 Å². The second-order valence-corrected chi connectivity index (χ2v) is 4.52. The summed E-state index contributed by atoms with van der Waals surface area (Å²) in [6.45, 7) is 5.37. The Bertz CT molecular complexity index is 184. The average Bonchev–Trinajstić information content (AvgIpc) is 2.15. The number of rotatable bonds is 3. The lowest BCUT2D eigenvalue weighted by Crippen LogP contribution is -2.40. The van der Waals surface area contributed by atoms with Gasteiger partial charge in [-0.1, -0.05) is 12.1 Å². The summed E-state index contributed by atoms with van der Waals surface area (Å²) >= 11 is 1.88. The fraction of sp³-hybridized carbons (Fsp3) is 0.889. The minimum absolute atomic E-state index is 0.417. The summed E-state index contributed by atoms with van der Waals surface area (Å²) in [5.74, 6) is 1.61. The molecule has 76 valence electrons. The van der Waals surface area contributed by atoms with Crippen LogP contribution in [0.1, 0.15) is 13.3 Å². The van der Waals surface area contributed by atoms with Gasteiger partial charge in [-0.05, 0) is 6.26 Å². The molecule has 4 heteroatoms. The second-order valence-electron chi connectivity index (χ2n) is 3.54. The van der Waals surface area contributed by atoms with Crippen molar-refractivity contribution in [3.63, 3.8) is 0 Å². The highest BCUT2D eigenvalue weighted by Gasteiger charge is 2.21. The van der Waals surface area contributed by atoms with Crippen molar-refractivity contribution in [1.29, 1.82) is 0 Å². The van der Waals surface area contributed by atoms with Crippen LogP contribution in [0, 0.1) is 5.92 Å². The molecular weight excluding hydrogens is 184 g/mol. The topological polar surface area (TPSA) is 35.8 Å². The molecule has 1 saturated heterocycles. The van der Waals surface area contributed by atoms with Crippen molar-refractivity contribution in [3.8, 4) is 0 Å². The van der Waals surface area contributed by atoms with Gasteiger partial charge in [-0.2, -0.15) is 11.8 Å². The van der Waals surface area contributed by atoms with Crippen molar-refractivity contribution in [3.05, 3.63) is 0 Å². The molecule has 0 saturated carbocycles. The summed E-state index contributed by atoms with van der Waals surface area (Å²) in [5, 5.41) is 12.0. The Balaban J connectivity index is 2.32. The molecule has 3 nitrogen and oxygen atoms in total. The van der Waals surface area contributed by atoms with Gasteiger partial charge < -0.3 is 10.1 Å². The Morgan fingerprint density at radius 2 is 2.46 bits per heavy atom. The highest BCUT2D eigenvalue weighted by atomic mass is 32.2. The Hall–Kier alpha value is -0.220. The van der Waals surface area contributed by atoms with Crippen LogP contribution < -0.4 is 0 Å². The largest absolute Gasteiger partial charge is 0.411 e. The van der Waals surface area contributed by atoms with Gasteiger partial charge in [0.15, 0.2) is 0 Å². The van der Waals surface area contributed by atoms with Crippen molar-refractivity contribution in [2.75, 3.05) is 31.6 Å². The zero-order valence-electron chi connectivity index (χ0n) is 8.36. The standard InChI is InChI=1S/C9H18N2OS/c1-8-7-11(5-6-13-2)4-3-9(8)10-12/h8,12H,3-7H2,1-2H3. The van der Waals surface area contributed by atoms with Gasteiger partial charge in [-0.3, -0.25) is 0 Å². The molecule has 0 aliphatic carbocycles. The molecule has 1 unspecified atom stereocenters. The van der Waals surface area contributed by atoms with Gasteiger partial charge in [0.2, 0.25) is 0 Å². The zero-order chi connectivity index (χ0) is 9.68. The maximum Gasteiger partial charge on any atom is 0.0624 e. The Morgan fingerprint density at radius 1 is 1.69 bits per heavy atom. The van der Waals surface area contributed by atoms with Crippen molar-refractivity contribution in [1.82, 2.24) is 4.90 Å². The minimum Gasteiger partial charge on any atom is -0.411 e. The third kappa shape index (κ3) is 3.19. The number of thioether (sulfide) groups is 1. The molecule has 1 rings (SSSR count). The van der Waals surface area contributed by atoms with Gasteiger partial charge in [-0.15, -0.1) is 0 Å². The number of oxime groups is 1. The van der Waals surface area contributed by atoms with Crippen LogP contribution in [-0.4, -0.2) is 47.5 Å². The van der Waals surface area contributed by atoms with Crippen LogP contribution in [0.3, 0.4) is 0 Å². The van der Waals surface area contributed by atoms with E-state index in [1.54, 1.807) is 0 Å². The summed E-state index contributed by atoms with van der Waals surface area (Å²) in [4.78, 5) is 2.44. The lowest BCUT2D eigenvalue weighted by Gasteiger charge is -2.31. The fourth-order valence-electron chi connectivity index (χ4n) is 1.68. The summed E-state index contributed by atoms with van der Waals surface area (Å²) in [6, 6.07) is 0. The summed E-state index contributed by atoms with van der Waals surface area (Å²) in [6.07, 6.45) is 3.06. The van der Waals surface area contributed by atoms with Crippen LogP contribution in [0.4, 0.5) is 0 Å². The molecule has 0 amide bonds. The first-order valence-electron chi connectivity index (χ1n) is 4.70. The van der Waals surface area contributed by atoms with Crippen molar-refractivity contribution in [2.24, 2.45) is 11.1 Å². The number of hydrogen-bond donors (Lipinski definition) is 1. The zero-order valence-corrected chi connectivity index (χ0v) is 9.18. The first kappa shape index (κ1) is 10.9. The normalized spacial score (nSPS) is 28.2. The predicted octanol–water partition coefficient (Wildman–Crippen LogP) is 1.52.